The highest BCUT2D eigenvalue weighted by atomic mass is 35.5. The second-order valence-electron chi connectivity index (χ2n) is 8.69. The SMILES string of the molecule is N#CC1=C2Sc3ccccc3N2C(=N)C(=C2Nc3ccccc3S2)C1c1ccc(-c2ccc(Cl)cc2)o1. The van der Waals surface area contributed by atoms with Gasteiger partial charge in [0.1, 0.15) is 22.4 Å². The minimum atomic E-state index is -0.532. The summed E-state index contributed by atoms with van der Waals surface area (Å²) in [5.41, 5.74) is 4.09. The number of rotatable bonds is 2. The molecule has 4 heterocycles. The Bertz CT molecular complexity index is 1690. The number of furan rings is 1. The van der Waals surface area contributed by atoms with Gasteiger partial charge in [-0.15, -0.1) is 0 Å². The molecule has 3 aromatic carbocycles. The Morgan fingerprint density at radius 3 is 2.46 bits per heavy atom. The molecule has 0 amide bonds. The third-order valence-electron chi connectivity index (χ3n) is 6.55. The Balaban J connectivity index is 1.43. The van der Waals surface area contributed by atoms with E-state index >= 15 is 0 Å². The summed E-state index contributed by atoms with van der Waals surface area (Å²) in [6.07, 6.45) is 0. The molecular formula is C29H17ClN4OS2. The van der Waals surface area contributed by atoms with Crippen molar-refractivity contribution >= 4 is 52.3 Å². The first-order valence-electron chi connectivity index (χ1n) is 11.6. The van der Waals surface area contributed by atoms with Gasteiger partial charge in [0, 0.05) is 26.0 Å². The summed E-state index contributed by atoms with van der Waals surface area (Å²) >= 11 is 9.19. The molecule has 0 spiro atoms. The van der Waals surface area contributed by atoms with Gasteiger partial charge in [-0.05, 0) is 60.7 Å². The zero-order valence-corrected chi connectivity index (χ0v) is 21.5. The van der Waals surface area contributed by atoms with Crippen LogP contribution in [0.4, 0.5) is 11.4 Å². The normalized spacial score (nSPS) is 19.8. The van der Waals surface area contributed by atoms with Crippen LogP contribution in [0.5, 0.6) is 0 Å². The fourth-order valence-electron chi connectivity index (χ4n) is 4.86. The van der Waals surface area contributed by atoms with Gasteiger partial charge in [0.25, 0.3) is 0 Å². The van der Waals surface area contributed by atoms with E-state index in [1.165, 1.54) is 11.8 Å². The third-order valence-corrected chi connectivity index (χ3v) is 9.07. The molecule has 0 saturated heterocycles. The number of benzene rings is 3. The van der Waals surface area contributed by atoms with E-state index in [2.05, 4.69) is 17.5 Å². The Morgan fingerprint density at radius 1 is 0.919 bits per heavy atom. The van der Waals surface area contributed by atoms with Gasteiger partial charge in [0.15, 0.2) is 0 Å². The molecule has 0 saturated carbocycles. The minimum Gasteiger partial charge on any atom is -0.460 e. The maximum absolute atomic E-state index is 10.5. The van der Waals surface area contributed by atoms with Crippen LogP contribution in [-0.4, -0.2) is 5.84 Å². The number of thioether (sulfide) groups is 2. The summed E-state index contributed by atoms with van der Waals surface area (Å²) in [6.45, 7) is 0. The second kappa shape index (κ2) is 8.63. The number of allylic oxidation sites excluding steroid dienone is 1. The summed E-state index contributed by atoms with van der Waals surface area (Å²) in [6, 6.07) is 29.8. The lowest BCUT2D eigenvalue weighted by atomic mass is 9.86. The fourth-order valence-corrected chi connectivity index (χ4v) is 7.24. The molecule has 1 atom stereocenters. The molecule has 3 aliphatic rings. The van der Waals surface area contributed by atoms with Gasteiger partial charge in [-0.1, -0.05) is 59.4 Å². The van der Waals surface area contributed by atoms with Gasteiger partial charge >= 0.3 is 0 Å². The molecule has 5 nitrogen and oxygen atoms in total. The summed E-state index contributed by atoms with van der Waals surface area (Å²) < 4.78 is 6.40. The van der Waals surface area contributed by atoms with Gasteiger partial charge in [-0.25, -0.2) is 0 Å². The van der Waals surface area contributed by atoms with Crippen molar-refractivity contribution in [3.05, 3.63) is 117 Å². The summed E-state index contributed by atoms with van der Waals surface area (Å²) in [4.78, 5) is 4.00. The van der Waals surface area contributed by atoms with Crippen molar-refractivity contribution in [2.75, 3.05) is 10.2 Å². The molecule has 8 heteroatoms. The van der Waals surface area contributed by atoms with E-state index in [4.69, 9.17) is 16.0 Å². The molecule has 0 bridgehead atoms. The molecule has 0 radical (unpaired) electrons. The minimum absolute atomic E-state index is 0.337. The smallest absolute Gasteiger partial charge is 0.137 e. The quantitative estimate of drug-likeness (QED) is 0.267. The lowest BCUT2D eigenvalue weighted by Crippen LogP contribution is -2.36. The van der Waals surface area contributed by atoms with E-state index in [0.29, 0.717) is 28.0 Å². The number of amidine groups is 1. The van der Waals surface area contributed by atoms with Crippen LogP contribution in [0.15, 0.2) is 120 Å². The number of hydrogen-bond donors (Lipinski definition) is 2. The third kappa shape index (κ3) is 3.52. The van der Waals surface area contributed by atoms with Gasteiger partial charge < -0.3 is 9.73 Å². The number of fused-ring (bicyclic) bond motifs is 4. The van der Waals surface area contributed by atoms with Crippen molar-refractivity contribution in [3.8, 4) is 17.4 Å². The highest BCUT2D eigenvalue weighted by Crippen LogP contribution is 2.56. The van der Waals surface area contributed by atoms with Crippen LogP contribution >= 0.6 is 35.1 Å². The largest absolute Gasteiger partial charge is 0.460 e. The van der Waals surface area contributed by atoms with Gasteiger partial charge in [-0.3, -0.25) is 10.3 Å². The zero-order valence-electron chi connectivity index (χ0n) is 19.2. The highest BCUT2D eigenvalue weighted by Gasteiger charge is 2.45. The fraction of sp³-hybridized carbons (Fsp3) is 0.0345. The van der Waals surface area contributed by atoms with E-state index in [9.17, 15) is 10.7 Å². The van der Waals surface area contributed by atoms with E-state index < -0.39 is 5.92 Å². The summed E-state index contributed by atoms with van der Waals surface area (Å²) in [5.74, 6) is 1.11. The predicted octanol–water partition coefficient (Wildman–Crippen LogP) is 8.45. The Hall–Kier alpha value is -3.83. The van der Waals surface area contributed by atoms with E-state index in [1.54, 1.807) is 11.8 Å². The number of halogens is 1. The van der Waals surface area contributed by atoms with Crippen molar-refractivity contribution in [3.63, 3.8) is 0 Å². The molecule has 0 aliphatic carbocycles. The Kier molecular flexibility index (Phi) is 5.22. The van der Waals surface area contributed by atoms with Crippen LogP contribution in [0.2, 0.25) is 5.02 Å². The van der Waals surface area contributed by atoms with E-state index in [0.717, 1.165) is 42.4 Å². The molecule has 7 rings (SSSR count). The number of nitriles is 1. The number of nitrogens with zero attached hydrogens (tertiary/aromatic N) is 2. The number of para-hydroxylation sites is 2. The number of anilines is 2. The second-order valence-corrected chi connectivity index (χ2v) is 11.2. The van der Waals surface area contributed by atoms with Gasteiger partial charge in [0.05, 0.1) is 34.0 Å². The standard InChI is InChI=1S/C29H17ClN4OS2/c30-17-11-9-16(10-12-17)21-13-14-22(35-21)25-18(15-31)29-34(20-6-2-4-8-24(20)37-29)27(32)26(25)28-33-19-5-1-3-7-23(19)36-28/h1-14,25,32-33H. The van der Waals surface area contributed by atoms with Crippen LogP contribution in [0.25, 0.3) is 11.3 Å². The maximum Gasteiger partial charge on any atom is 0.137 e. The average molecular weight is 537 g/mol. The van der Waals surface area contributed by atoms with E-state index in [1.807, 2.05) is 83.8 Å². The zero-order chi connectivity index (χ0) is 25.1. The molecule has 37 heavy (non-hydrogen) atoms. The predicted molar refractivity (Wildman–Crippen MR) is 150 cm³/mol. The molecule has 1 aromatic heterocycles. The van der Waals surface area contributed by atoms with Crippen molar-refractivity contribution < 1.29 is 4.42 Å². The van der Waals surface area contributed by atoms with E-state index in [-0.39, 0.29) is 0 Å². The molecule has 4 aromatic rings. The first-order chi connectivity index (χ1) is 18.1. The monoisotopic (exact) mass is 536 g/mol. The van der Waals surface area contributed by atoms with Crippen LogP contribution < -0.4 is 10.2 Å². The summed E-state index contributed by atoms with van der Waals surface area (Å²) in [5, 5.41) is 25.7. The first kappa shape index (κ1) is 22.4. The lowest BCUT2D eigenvalue weighted by molar-refractivity contribution is 0.515. The van der Waals surface area contributed by atoms with Crippen molar-refractivity contribution in [1.29, 1.82) is 10.7 Å². The molecular weight excluding hydrogens is 520 g/mol. The molecule has 1 unspecified atom stereocenters. The van der Waals surface area contributed by atoms with Crippen molar-refractivity contribution in [2.45, 2.75) is 15.7 Å². The number of hydrogen-bond acceptors (Lipinski definition) is 6. The molecule has 0 fully saturated rings. The highest BCUT2D eigenvalue weighted by molar-refractivity contribution is 8.04. The Labute approximate surface area is 226 Å². The number of nitrogens with one attached hydrogen (secondary N) is 2. The molecule has 178 valence electrons. The topological polar surface area (TPSA) is 76.1 Å². The lowest BCUT2D eigenvalue weighted by Gasteiger charge is -2.33. The molecule has 2 N–H and O–H groups in total. The van der Waals surface area contributed by atoms with Crippen molar-refractivity contribution in [2.24, 2.45) is 0 Å². The molecule has 3 aliphatic heterocycles. The van der Waals surface area contributed by atoms with Crippen LogP contribution in [0, 0.1) is 16.7 Å². The van der Waals surface area contributed by atoms with Crippen LogP contribution in [-0.2, 0) is 0 Å². The van der Waals surface area contributed by atoms with Gasteiger partial charge in [0.2, 0.25) is 0 Å². The van der Waals surface area contributed by atoms with Crippen LogP contribution in [0.1, 0.15) is 11.7 Å². The summed E-state index contributed by atoms with van der Waals surface area (Å²) in [7, 11) is 0. The first-order valence-corrected chi connectivity index (χ1v) is 13.6. The average Bonchev–Trinajstić information content (AvgIpc) is 3.65. The maximum atomic E-state index is 10.5. The van der Waals surface area contributed by atoms with Crippen molar-refractivity contribution in [1.82, 2.24) is 0 Å². The van der Waals surface area contributed by atoms with Gasteiger partial charge in [-0.2, -0.15) is 5.26 Å². The Morgan fingerprint density at radius 2 is 1.68 bits per heavy atom. The van der Waals surface area contributed by atoms with Crippen LogP contribution in [0.3, 0.4) is 0 Å².